The Balaban J connectivity index is 1.80. The van der Waals surface area contributed by atoms with Gasteiger partial charge in [-0.2, -0.15) is 0 Å². The zero-order chi connectivity index (χ0) is 13.7. The van der Waals surface area contributed by atoms with Crippen LogP contribution in [0.1, 0.15) is 18.4 Å². The Hall–Kier alpha value is -2.04. The Kier molecular flexibility index (Phi) is 4.39. The Morgan fingerprint density at radius 3 is 2.95 bits per heavy atom. The van der Waals surface area contributed by atoms with Crippen molar-refractivity contribution >= 4 is 11.8 Å². The second-order valence-electron chi connectivity index (χ2n) is 4.51. The van der Waals surface area contributed by atoms with Crippen molar-refractivity contribution in [3.63, 3.8) is 0 Å². The lowest BCUT2D eigenvalue weighted by Gasteiger charge is -2.12. The average molecular weight is 262 g/mol. The number of ether oxygens (including phenoxy) is 1. The molecule has 102 valence electrons. The molecule has 2 rings (SSSR count). The number of carbonyl (C=O) groups excluding carboxylic acids is 2. The monoisotopic (exact) mass is 262 g/mol. The second kappa shape index (κ2) is 6.22. The minimum absolute atomic E-state index is 0.0510. The fourth-order valence-electron chi connectivity index (χ4n) is 2.16. The Labute approximate surface area is 112 Å². The fraction of sp³-hybridized carbons (Fsp3) is 0.429. The van der Waals surface area contributed by atoms with E-state index in [9.17, 15) is 9.59 Å². The van der Waals surface area contributed by atoms with Crippen LogP contribution < -0.4 is 15.4 Å². The molecule has 1 heterocycles. The van der Waals surface area contributed by atoms with Crippen molar-refractivity contribution in [2.45, 2.75) is 25.3 Å². The molecule has 0 aromatic heterocycles. The molecular weight excluding hydrogens is 244 g/mol. The highest BCUT2D eigenvalue weighted by Crippen LogP contribution is 2.17. The van der Waals surface area contributed by atoms with E-state index in [0.717, 1.165) is 11.3 Å². The van der Waals surface area contributed by atoms with Crippen LogP contribution in [0.4, 0.5) is 0 Å². The van der Waals surface area contributed by atoms with Crippen molar-refractivity contribution in [1.82, 2.24) is 10.6 Å². The summed E-state index contributed by atoms with van der Waals surface area (Å²) in [6, 6.07) is 7.35. The predicted molar refractivity (Wildman–Crippen MR) is 70.9 cm³/mol. The van der Waals surface area contributed by atoms with Gasteiger partial charge < -0.3 is 15.4 Å². The van der Waals surface area contributed by atoms with Gasteiger partial charge in [0.15, 0.2) is 0 Å². The van der Waals surface area contributed by atoms with Gasteiger partial charge in [0.25, 0.3) is 0 Å². The van der Waals surface area contributed by atoms with E-state index in [2.05, 4.69) is 10.6 Å². The number of nitrogens with one attached hydrogen (secondary N) is 2. The van der Waals surface area contributed by atoms with Crippen LogP contribution in [0.5, 0.6) is 5.75 Å². The van der Waals surface area contributed by atoms with Crippen LogP contribution in [0.2, 0.25) is 0 Å². The average Bonchev–Trinajstić information content (AvgIpc) is 2.86. The minimum Gasteiger partial charge on any atom is -0.496 e. The standard InChI is InChI=1S/C14H18N2O3/c1-19-12-5-3-2-4-10(12)8-9-15-14(18)11-6-7-13(17)16-11/h2-5,11H,6-9H2,1H3,(H,15,18)(H,16,17). The van der Waals surface area contributed by atoms with Gasteiger partial charge in [-0.3, -0.25) is 9.59 Å². The quantitative estimate of drug-likeness (QED) is 0.818. The molecule has 1 unspecified atom stereocenters. The van der Waals surface area contributed by atoms with Gasteiger partial charge in [-0.1, -0.05) is 18.2 Å². The minimum atomic E-state index is -0.370. The first-order valence-electron chi connectivity index (χ1n) is 6.39. The number of benzene rings is 1. The highest BCUT2D eigenvalue weighted by molar-refractivity contribution is 5.90. The number of para-hydroxylation sites is 1. The lowest BCUT2D eigenvalue weighted by Crippen LogP contribution is -2.42. The smallest absolute Gasteiger partial charge is 0.242 e. The maximum atomic E-state index is 11.8. The Morgan fingerprint density at radius 1 is 1.47 bits per heavy atom. The first-order valence-corrected chi connectivity index (χ1v) is 6.39. The van der Waals surface area contributed by atoms with E-state index in [4.69, 9.17) is 4.74 Å². The van der Waals surface area contributed by atoms with Gasteiger partial charge in [-0.05, 0) is 24.5 Å². The molecule has 1 aliphatic heterocycles. The van der Waals surface area contributed by atoms with Crippen LogP contribution in [0, 0.1) is 0 Å². The van der Waals surface area contributed by atoms with Gasteiger partial charge >= 0.3 is 0 Å². The number of carbonyl (C=O) groups is 2. The largest absolute Gasteiger partial charge is 0.496 e. The van der Waals surface area contributed by atoms with Gasteiger partial charge in [0.2, 0.25) is 11.8 Å². The van der Waals surface area contributed by atoms with Crippen molar-refractivity contribution in [1.29, 1.82) is 0 Å². The van der Waals surface area contributed by atoms with E-state index in [1.807, 2.05) is 24.3 Å². The summed E-state index contributed by atoms with van der Waals surface area (Å²) in [6.07, 6.45) is 1.72. The first kappa shape index (κ1) is 13.4. The van der Waals surface area contributed by atoms with Crippen molar-refractivity contribution in [3.05, 3.63) is 29.8 Å². The molecule has 0 spiro atoms. The molecule has 1 aromatic rings. The van der Waals surface area contributed by atoms with Crippen molar-refractivity contribution in [2.75, 3.05) is 13.7 Å². The molecule has 1 saturated heterocycles. The molecular formula is C14H18N2O3. The molecule has 1 atom stereocenters. The fourth-order valence-corrected chi connectivity index (χ4v) is 2.16. The van der Waals surface area contributed by atoms with Gasteiger partial charge in [0.05, 0.1) is 7.11 Å². The highest BCUT2D eigenvalue weighted by Gasteiger charge is 2.26. The van der Waals surface area contributed by atoms with Gasteiger partial charge in [-0.25, -0.2) is 0 Å². The molecule has 0 bridgehead atoms. The topological polar surface area (TPSA) is 67.4 Å². The van der Waals surface area contributed by atoms with E-state index in [1.165, 1.54) is 0 Å². The van der Waals surface area contributed by atoms with Crippen molar-refractivity contribution < 1.29 is 14.3 Å². The van der Waals surface area contributed by atoms with E-state index >= 15 is 0 Å². The third-order valence-corrected chi connectivity index (χ3v) is 3.20. The zero-order valence-electron chi connectivity index (χ0n) is 10.9. The summed E-state index contributed by atoms with van der Waals surface area (Å²) >= 11 is 0. The van der Waals surface area contributed by atoms with Gasteiger partial charge in [-0.15, -0.1) is 0 Å². The number of amides is 2. The van der Waals surface area contributed by atoms with E-state index < -0.39 is 0 Å². The lowest BCUT2D eigenvalue weighted by atomic mass is 10.1. The van der Waals surface area contributed by atoms with Crippen LogP contribution in [-0.4, -0.2) is 31.5 Å². The molecule has 19 heavy (non-hydrogen) atoms. The SMILES string of the molecule is COc1ccccc1CCNC(=O)C1CCC(=O)N1. The molecule has 1 aliphatic rings. The van der Waals surface area contributed by atoms with Crippen LogP contribution in [-0.2, 0) is 16.0 Å². The third-order valence-electron chi connectivity index (χ3n) is 3.20. The predicted octanol–water partition coefficient (Wildman–Crippen LogP) is 0.632. The number of hydrogen-bond donors (Lipinski definition) is 2. The number of rotatable bonds is 5. The molecule has 0 aliphatic carbocycles. The van der Waals surface area contributed by atoms with Crippen molar-refractivity contribution in [2.24, 2.45) is 0 Å². The maximum absolute atomic E-state index is 11.8. The highest BCUT2D eigenvalue weighted by atomic mass is 16.5. The molecule has 2 amide bonds. The van der Waals surface area contributed by atoms with Gasteiger partial charge in [0, 0.05) is 13.0 Å². The summed E-state index contributed by atoms with van der Waals surface area (Å²) in [4.78, 5) is 22.8. The molecule has 2 N–H and O–H groups in total. The number of hydrogen-bond acceptors (Lipinski definition) is 3. The molecule has 0 radical (unpaired) electrons. The summed E-state index contributed by atoms with van der Waals surface area (Å²) in [5.74, 6) is 0.663. The summed E-state index contributed by atoms with van der Waals surface area (Å²) in [7, 11) is 1.63. The van der Waals surface area contributed by atoms with Crippen LogP contribution in [0.25, 0.3) is 0 Å². The van der Waals surface area contributed by atoms with Crippen molar-refractivity contribution in [3.8, 4) is 5.75 Å². The van der Waals surface area contributed by atoms with Crippen LogP contribution in [0.3, 0.4) is 0 Å². The van der Waals surface area contributed by atoms with E-state index in [-0.39, 0.29) is 17.9 Å². The molecule has 0 saturated carbocycles. The summed E-state index contributed by atoms with van der Waals surface area (Å²) in [5, 5.41) is 5.48. The lowest BCUT2D eigenvalue weighted by molar-refractivity contribution is -0.125. The molecule has 5 heteroatoms. The molecule has 5 nitrogen and oxygen atoms in total. The summed E-state index contributed by atoms with van der Waals surface area (Å²) in [5.41, 5.74) is 1.06. The molecule has 1 fully saturated rings. The van der Waals surface area contributed by atoms with E-state index in [1.54, 1.807) is 7.11 Å². The number of methoxy groups -OCH3 is 1. The normalized spacial score (nSPS) is 17.9. The zero-order valence-corrected chi connectivity index (χ0v) is 10.9. The first-order chi connectivity index (χ1) is 9.20. The van der Waals surface area contributed by atoms with Crippen LogP contribution >= 0.6 is 0 Å². The maximum Gasteiger partial charge on any atom is 0.242 e. The molecule has 1 aromatic carbocycles. The second-order valence-corrected chi connectivity index (χ2v) is 4.51. The van der Waals surface area contributed by atoms with E-state index in [0.29, 0.717) is 25.8 Å². The Morgan fingerprint density at radius 2 is 2.26 bits per heavy atom. The Bertz CT molecular complexity index is 474. The van der Waals surface area contributed by atoms with Gasteiger partial charge in [0.1, 0.15) is 11.8 Å². The van der Waals surface area contributed by atoms with Crippen LogP contribution in [0.15, 0.2) is 24.3 Å². The third kappa shape index (κ3) is 3.47. The summed E-state index contributed by atoms with van der Waals surface area (Å²) < 4.78 is 5.25. The summed E-state index contributed by atoms with van der Waals surface area (Å²) in [6.45, 7) is 0.533.